The molecule has 0 saturated carbocycles. The summed E-state index contributed by atoms with van der Waals surface area (Å²) >= 11 is 0. The second-order valence-corrected chi connectivity index (χ2v) is 10.2. The van der Waals surface area contributed by atoms with Gasteiger partial charge < -0.3 is 8.83 Å². The molecule has 0 aliphatic heterocycles. The molecule has 9 aromatic rings. The van der Waals surface area contributed by atoms with Crippen molar-refractivity contribution in [3.63, 3.8) is 0 Å². The average molecular weight is 513 g/mol. The van der Waals surface area contributed by atoms with Crippen molar-refractivity contribution in [3.05, 3.63) is 121 Å². The Balaban J connectivity index is 1.28. The van der Waals surface area contributed by atoms with Crippen LogP contribution in [0.4, 0.5) is 0 Å². The number of para-hydroxylation sites is 3. The lowest BCUT2D eigenvalue weighted by Gasteiger charge is -2.10. The molecule has 0 amide bonds. The maximum absolute atomic E-state index is 6.36. The van der Waals surface area contributed by atoms with E-state index in [1.807, 2.05) is 54.6 Å². The summed E-state index contributed by atoms with van der Waals surface area (Å²) in [6, 6.07) is 41.5. The second kappa shape index (κ2) is 8.01. The minimum Gasteiger partial charge on any atom is -0.456 e. The minimum absolute atomic E-state index is 0.665. The lowest BCUT2D eigenvalue weighted by Crippen LogP contribution is -1.95. The summed E-state index contributed by atoms with van der Waals surface area (Å²) < 4.78 is 12.5. The fraction of sp³-hybridized carbons (Fsp3) is 0. The molecule has 0 saturated heterocycles. The Morgan fingerprint density at radius 3 is 1.95 bits per heavy atom. The van der Waals surface area contributed by atoms with Gasteiger partial charge in [-0.3, -0.25) is 0 Å². The number of benzene rings is 6. The van der Waals surface area contributed by atoms with Gasteiger partial charge in [-0.25, -0.2) is 9.97 Å². The van der Waals surface area contributed by atoms with E-state index in [1.54, 1.807) is 0 Å². The summed E-state index contributed by atoms with van der Waals surface area (Å²) in [7, 11) is 0. The molecular formula is C36H20N2O2. The maximum atomic E-state index is 6.36. The van der Waals surface area contributed by atoms with Crippen LogP contribution in [0.25, 0.3) is 88.2 Å². The maximum Gasteiger partial charge on any atom is 0.160 e. The molecule has 3 aromatic heterocycles. The SMILES string of the molecule is c1ccc2c(-c3ccc4ccc5c6ccccc6oc5c4c3)nc(-c3ccc4c(c3)oc3ccccc34)nc2c1. The van der Waals surface area contributed by atoms with E-state index in [-0.39, 0.29) is 0 Å². The molecule has 186 valence electrons. The Morgan fingerprint density at radius 2 is 1.07 bits per heavy atom. The Bertz CT molecular complexity index is 2450. The smallest absolute Gasteiger partial charge is 0.160 e. The van der Waals surface area contributed by atoms with Crippen LogP contribution < -0.4 is 0 Å². The largest absolute Gasteiger partial charge is 0.456 e. The quantitative estimate of drug-likeness (QED) is 0.231. The molecule has 3 heterocycles. The van der Waals surface area contributed by atoms with Crippen molar-refractivity contribution < 1.29 is 8.83 Å². The molecule has 0 unspecified atom stereocenters. The Labute approximate surface area is 228 Å². The summed E-state index contributed by atoms with van der Waals surface area (Å²) in [5, 5.41) is 7.64. The number of nitrogens with zero attached hydrogens (tertiary/aromatic N) is 2. The van der Waals surface area contributed by atoms with Crippen LogP contribution in [0.3, 0.4) is 0 Å². The molecule has 0 fully saturated rings. The molecule has 4 heteroatoms. The number of rotatable bonds is 2. The molecule has 0 aliphatic rings. The van der Waals surface area contributed by atoms with Crippen LogP contribution >= 0.6 is 0 Å². The first kappa shape index (κ1) is 21.5. The van der Waals surface area contributed by atoms with Crippen molar-refractivity contribution in [2.75, 3.05) is 0 Å². The second-order valence-electron chi connectivity index (χ2n) is 10.2. The fourth-order valence-electron chi connectivity index (χ4n) is 5.94. The molecular weight excluding hydrogens is 492 g/mol. The number of fused-ring (bicyclic) bond motifs is 9. The first-order valence-corrected chi connectivity index (χ1v) is 13.3. The normalized spacial score (nSPS) is 12.0. The van der Waals surface area contributed by atoms with Gasteiger partial charge in [0.05, 0.1) is 11.2 Å². The lowest BCUT2D eigenvalue weighted by molar-refractivity contribution is 0.669. The number of hydrogen-bond acceptors (Lipinski definition) is 4. The van der Waals surface area contributed by atoms with Crippen LogP contribution in [-0.2, 0) is 0 Å². The standard InChI is InChI=1S/C36H20N2O2/c1-4-10-30-28(9-1)34(38-36(37-30)23-16-17-26-24-7-2-5-11-31(24)39-33(26)20-23)22-14-13-21-15-18-27-25-8-3-6-12-32(25)40-35(27)29(21)19-22/h1-20H. The lowest BCUT2D eigenvalue weighted by atomic mass is 10.00. The van der Waals surface area contributed by atoms with Crippen LogP contribution in [0, 0.1) is 0 Å². The van der Waals surface area contributed by atoms with Crippen LogP contribution in [0.15, 0.2) is 130 Å². The predicted molar refractivity (Wildman–Crippen MR) is 162 cm³/mol. The minimum atomic E-state index is 0.665. The van der Waals surface area contributed by atoms with Gasteiger partial charge in [-0.1, -0.05) is 78.9 Å². The van der Waals surface area contributed by atoms with Gasteiger partial charge in [0.15, 0.2) is 5.82 Å². The molecule has 0 spiro atoms. The Morgan fingerprint density at radius 1 is 0.425 bits per heavy atom. The highest BCUT2D eigenvalue weighted by molar-refractivity contribution is 6.16. The van der Waals surface area contributed by atoms with E-state index in [0.717, 1.165) is 82.4 Å². The van der Waals surface area contributed by atoms with Gasteiger partial charge in [0.2, 0.25) is 0 Å². The topological polar surface area (TPSA) is 52.1 Å². The van der Waals surface area contributed by atoms with Crippen molar-refractivity contribution in [3.8, 4) is 22.6 Å². The zero-order valence-electron chi connectivity index (χ0n) is 21.3. The van der Waals surface area contributed by atoms with Gasteiger partial charge in [0.1, 0.15) is 22.3 Å². The molecule has 6 aromatic carbocycles. The number of aromatic nitrogens is 2. The molecule has 40 heavy (non-hydrogen) atoms. The molecule has 0 aliphatic carbocycles. The van der Waals surface area contributed by atoms with Gasteiger partial charge in [0.25, 0.3) is 0 Å². The molecule has 0 N–H and O–H groups in total. The summed E-state index contributed by atoms with van der Waals surface area (Å²) in [5.74, 6) is 0.665. The zero-order chi connectivity index (χ0) is 26.2. The molecule has 0 radical (unpaired) electrons. The van der Waals surface area contributed by atoms with Gasteiger partial charge in [-0.15, -0.1) is 0 Å². The van der Waals surface area contributed by atoms with E-state index >= 15 is 0 Å². The van der Waals surface area contributed by atoms with E-state index in [9.17, 15) is 0 Å². The van der Waals surface area contributed by atoms with E-state index < -0.39 is 0 Å². The average Bonchev–Trinajstić information content (AvgIpc) is 3.58. The van der Waals surface area contributed by atoms with Crippen molar-refractivity contribution >= 4 is 65.6 Å². The van der Waals surface area contributed by atoms with Crippen molar-refractivity contribution in [1.82, 2.24) is 9.97 Å². The first-order valence-electron chi connectivity index (χ1n) is 13.3. The van der Waals surface area contributed by atoms with Crippen LogP contribution in [0.2, 0.25) is 0 Å². The van der Waals surface area contributed by atoms with E-state index in [1.165, 1.54) is 0 Å². The molecule has 4 nitrogen and oxygen atoms in total. The highest BCUT2D eigenvalue weighted by Gasteiger charge is 2.16. The molecule has 9 rings (SSSR count). The van der Waals surface area contributed by atoms with Gasteiger partial charge >= 0.3 is 0 Å². The highest BCUT2D eigenvalue weighted by atomic mass is 16.3. The van der Waals surface area contributed by atoms with Gasteiger partial charge in [-0.05, 0) is 47.9 Å². The molecule has 0 atom stereocenters. The number of hydrogen-bond donors (Lipinski definition) is 0. The first-order chi connectivity index (χ1) is 19.8. The van der Waals surface area contributed by atoms with Gasteiger partial charge in [-0.2, -0.15) is 0 Å². The summed E-state index contributed by atoms with van der Waals surface area (Å²) in [6.07, 6.45) is 0. The van der Waals surface area contributed by atoms with Crippen molar-refractivity contribution in [2.24, 2.45) is 0 Å². The van der Waals surface area contributed by atoms with Crippen LogP contribution in [0.1, 0.15) is 0 Å². The monoisotopic (exact) mass is 512 g/mol. The summed E-state index contributed by atoms with van der Waals surface area (Å²) in [6.45, 7) is 0. The summed E-state index contributed by atoms with van der Waals surface area (Å²) in [5.41, 5.74) is 7.22. The van der Waals surface area contributed by atoms with Crippen LogP contribution in [0.5, 0.6) is 0 Å². The van der Waals surface area contributed by atoms with Crippen molar-refractivity contribution in [2.45, 2.75) is 0 Å². The number of furan rings is 2. The Hall–Kier alpha value is -5.48. The predicted octanol–water partition coefficient (Wildman–Crippen LogP) is 9.92. The third-order valence-corrected chi connectivity index (χ3v) is 7.87. The van der Waals surface area contributed by atoms with E-state index in [4.69, 9.17) is 18.8 Å². The van der Waals surface area contributed by atoms with Gasteiger partial charge in [0, 0.05) is 43.4 Å². The third-order valence-electron chi connectivity index (χ3n) is 7.87. The van der Waals surface area contributed by atoms with Crippen LogP contribution in [-0.4, -0.2) is 9.97 Å². The fourth-order valence-corrected chi connectivity index (χ4v) is 5.94. The van der Waals surface area contributed by atoms with Crippen molar-refractivity contribution in [1.29, 1.82) is 0 Å². The molecule has 0 bridgehead atoms. The van der Waals surface area contributed by atoms with E-state index in [2.05, 4.69) is 66.7 Å². The van der Waals surface area contributed by atoms with E-state index in [0.29, 0.717) is 5.82 Å². The third kappa shape index (κ3) is 3.07. The zero-order valence-corrected chi connectivity index (χ0v) is 21.3. The highest BCUT2D eigenvalue weighted by Crippen LogP contribution is 2.38. The Kier molecular flexibility index (Phi) is 4.30. The summed E-state index contributed by atoms with van der Waals surface area (Å²) in [4.78, 5) is 10.1.